The molecule has 0 bridgehead atoms. The molecule has 154 valence electrons. The Labute approximate surface area is 179 Å². The maximum absolute atomic E-state index is 12.7. The number of aromatic nitrogens is 4. The van der Waals surface area contributed by atoms with Crippen molar-refractivity contribution >= 4 is 44.9 Å². The number of carbonyl (C=O) groups excluding carboxylic acids is 1. The van der Waals surface area contributed by atoms with E-state index in [1.165, 1.54) is 46.9 Å². The lowest BCUT2D eigenvalue weighted by atomic mass is 9.97. The summed E-state index contributed by atoms with van der Waals surface area (Å²) in [5.41, 5.74) is 2.35. The Bertz CT molecular complexity index is 1070. The molecule has 1 fully saturated rings. The Kier molecular flexibility index (Phi) is 5.24. The summed E-state index contributed by atoms with van der Waals surface area (Å²) in [6, 6.07) is 0. The molecule has 5 rings (SSSR count). The van der Waals surface area contributed by atoms with Gasteiger partial charge in [0.1, 0.15) is 10.7 Å². The zero-order chi connectivity index (χ0) is 20.0. The number of thioether (sulfide) groups is 1. The highest BCUT2D eigenvalue weighted by molar-refractivity contribution is 7.99. The van der Waals surface area contributed by atoms with Crippen LogP contribution in [0.4, 0.5) is 0 Å². The van der Waals surface area contributed by atoms with Gasteiger partial charge in [-0.25, -0.2) is 4.98 Å². The molecule has 8 heteroatoms. The van der Waals surface area contributed by atoms with Gasteiger partial charge in [-0.15, -0.1) is 21.5 Å². The summed E-state index contributed by atoms with van der Waals surface area (Å²) in [6.07, 6.45) is 7.91. The van der Waals surface area contributed by atoms with Crippen molar-refractivity contribution in [1.29, 1.82) is 0 Å². The van der Waals surface area contributed by atoms with E-state index < -0.39 is 0 Å². The minimum absolute atomic E-state index is 0.207. The fraction of sp³-hybridized carbons (Fsp3) is 0.619. The number of hydrogen-bond acceptors (Lipinski definition) is 6. The Morgan fingerprint density at radius 3 is 2.93 bits per heavy atom. The molecule has 1 amide bonds. The second kappa shape index (κ2) is 7.87. The predicted octanol–water partition coefficient (Wildman–Crippen LogP) is 4.13. The first-order valence-corrected chi connectivity index (χ1v) is 12.5. The van der Waals surface area contributed by atoms with Crippen LogP contribution in [0.1, 0.15) is 55.8 Å². The van der Waals surface area contributed by atoms with Gasteiger partial charge in [0.2, 0.25) is 5.91 Å². The Morgan fingerprint density at radius 1 is 1.24 bits per heavy atom. The largest absolute Gasteiger partial charge is 0.342 e. The lowest BCUT2D eigenvalue weighted by Gasteiger charge is -2.30. The van der Waals surface area contributed by atoms with Crippen molar-refractivity contribution in [3.63, 3.8) is 0 Å². The van der Waals surface area contributed by atoms with Crippen LogP contribution in [0.2, 0.25) is 0 Å². The quantitative estimate of drug-likeness (QED) is 0.584. The van der Waals surface area contributed by atoms with Gasteiger partial charge in [-0.2, -0.15) is 0 Å². The van der Waals surface area contributed by atoms with Gasteiger partial charge >= 0.3 is 0 Å². The first kappa shape index (κ1) is 19.3. The van der Waals surface area contributed by atoms with Crippen LogP contribution < -0.4 is 0 Å². The van der Waals surface area contributed by atoms with Gasteiger partial charge in [0.15, 0.2) is 10.8 Å². The smallest absolute Gasteiger partial charge is 0.233 e. The zero-order valence-electron chi connectivity index (χ0n) is 17.1. The monoisotopic (exact) mass is 429 g/mol. The van der Waals surface area contributed by atoms with Crippen LogP contribution in [0, 0.1) is 5.92 Å². The molecule has 0 radical (unpaired) electrons. The van der Waals surface area contributed by atoms with Crippen LogP contribution in [-0.2, 0) is 24.1 Å². The molecular formula is C21H27N5OS2. The molecule has 2 aliphatic rings. The van der Waals surface area contributed by atoms with E-state index in [2.05, 4.69) is 28.4 Å². The average Bonchev–Trinajstić information content (AvgIpc) is 3.32. The number of aryl methyl sites for hydroxylation is 3. The van der Waals surface area contributed by atoms with Crippen LogP contribution in [0.15, 0.2) is 5.16 Å². The number of carbonyl (C=O) groups is 1. The third-order valence-electron chi connectivity index (χ3n) is 6.15. The molecular weight excluding hydrogens is 402 g/mol. The SMILES string of the molecule is CCc1nc2sc3c(c2c2nnc(SCC(=O)N4CCC[C@@H](C)C4)n12)CCCC3. The van der Waals surface area contributed by atoms with Crippen molar-refractivity contribution in [2.24, 2.45) is 5.92 Å². The lowest BCUT2D eigenvalue weighted by Crippen LogP contribution is -2.40. The molecule has 0 aromatic carbocycles. The number of fused-ring (bicyclic) bond motifs is 5. The van der Waals surface area contributed by atoms with Crippen molar-refractivity contribution in [2.75, 3.05) is 18.8 Å². The van der Waals surface area contributed by atoms with Crippen LogP contribution >= 0.6 is 23.1 Å². The molecule has 1 saturated heterocycles. The van der Waals surface area contributed by atoms with Crippen molar-refractivity contribution < 1.29 is 4.79 Å². The summed E-state index contributed by atoms with van der Waals surface area (Å²) >= 11 is 3.33. The van der Waals surface area contributed by atoms with E-state index in [4.69, 9.17) is 4.98 Å². The van der Waals surface area contributed by atoms with Gasteiger partial charge in [-0.05, 0) is 50.0 Å². The number of nitrogens with zero attached hydrogens (tertiary/aromatic N) is 5. The van der Waals surface area contributed by atoms with Crippen molar-refractivity contribution in [3.05, 3.63) is 16.3 Å². The molecule has 3 aromatic heterocycles. The second-order valence-corrected chi connectivity index (χ2v) is 10.3. The molecule has 1 aliphatic heterocycles. The summed E-state index contributed by atoms with van der Waals surface area (Å²) in [5.74, 6) is 2.20. The van der Waals surface area contributed by atoms with Gasteiger partial charge in [0, 0.05) is 24.4 Å². The highest BCUT2D eigenvalue weighted by Gasteiger charge is 2.25. The molecule has 1 aliphatic carbocycles. The molecule has 1 atom stereocenters. The maximum Gasteiger partial charge on any atom is 0.233 e. The molecule has 0 N–H and O–H groups in total. The molecule has 6 nitrogen and oxygen atoms in total. The standard InChI is InChI=1S/C21H27N5OS2/c1-3-16-22-20-18(14-8-4-5-9-15(14)29-20)19-23-24-21(26(16)19)28-12-17(27)25-10-6-7-13(2)11-25/h13H,3-12H2,1-2H3/t13-/m1/s1. The van der Waals surface area contributed by atoms with E-state index in [0.717, 1.165) is 60.2 Å². The molecule has 3 aromatic rings. The van der Waals surface area contributed by atoms with Crippen molar-refractivity contribution in [1.82, 2.24) is 24.5 Å². The molecule has 0 saturated carbocycles. The second-order valence-electron chi connectivity index (χ2n) is 8.29. The first-order valence-electron chi connectivity index (χ1n) is 10.7. The lowest BCUT2D eigenvalue weighted by molar-refractivity contribution is -0.130. The first-order chi connectivity index (χ1) is 14.2. The minimum atomic E-state index is 0.207. The van der Waals surface area contributed by atoms with Crippen LogP contribution in [-0.4, -0.2) is 49.2 Å². The normalized spacial score (nSPS) is 19.8. The van der Waals surface area contributed by atoms with Gasteiger partial charge in [0.05, 0.1) is 11.1 Å². The van der Waals surface area contributed by atoms with E-state index in [9.17, 15) is 4.79 Å². The Morgan fingerprint density at radius 2 is 2.10 bits per heavy atom. The third kappa shape index (κ3) is 3.44. The number of thiophene rings is 1. The Balaban J connectivity index is 1.47. The third-order valence-corrected chi connectivity index (χ3v) is 8.25. The summed E-state index contributed by atoms with van der Waals surface area (Å²) in [7, 11) is 0. The summed E-state index contributed by atoms with van der Waals surface area (Å²) in [4.78, 5) is 22.3. The molecule has 0 unspecified atom stereocenters. The predicted molar refractivity (Wildman–Crippen MR) is 118 cm³/mol. The van der Waals surface area contributed by atoms with E-state index in [0.29, 0.717) is 11.7 Å². The summed E-state index contributed by atoms with van der Waals surface area (Å²) < 4.78 is 2.10. The fourth-order valence-electron chi connectivity index (χ4n) is 4.66. The summed E-state index contributed by atoms with van der Waals surface area (Å²) in [5, 5.41) is 11.0. The van der Waals surface area contributed by atoms with E-state index >= 15 is 0 Å². The molecule has 4 heterocycles. The Hall–Kier alpha value is -1.67. The fourth-order valence-corrected chi connectivity index (χ4v) is 6.79. The number of amides is 1. The maximum atomic E-state index is 12.7. The number of piperidine rings is 1. The van der Waals surface area contributed by atoms with Gasteiger partial charge in [-0.3, -0.25) is 9.20 Å². The van der Waals surface area contributed by atoms with Crippen molar-refractivity contribution in [2.45, 2.75) is 63.9 Å². The average molecular weight is 430 g/mol. The topological polar surface area (TPSA) is 63.4 Å². The number of likely N-dealkylation sites (tertiary alicyclic amines) is 1. The van der Waals surface area contributed by atoms with Crippen molar-refractivity contribution in [3.8, 4) is 0 Å². The highest BCUT2D eigenvalue weighted by Crippen LogP contribution is 2.38. The molecule has 29 heavy (non-hydrogen) atoms. The van der Waals surface area contributed by atoms with Crippen LogP contribution in [0.3, 0.4) is 0 Å². The number of rotatable bonds is 4. The van der Waals surface area contributed by atoms with Crippen LogP contribution in [0.25, 0.3) is 15.9 Å². The highest BCUT2D eigenvalue weighted by atomic mass is 32.2. The van der Waals surface area contributed by atoms with Gasteiger partial charge < -0.3 is 4.90 Å². The minimum Gasteiger partial charge on any atom is -0.342 e. The molecule has 0 spiro atoms. The van der Waals surface area contributed by atoms with E-state index in [-0.39, 0.29) is 5.91 Å². The van der Waals surface area contributed by atoms with E-state index in [1.807, 2.05) is 16.2 Å². The summed E-state index contributed by atoms with van der Waals surface area (Å²) in [6.45, 7) is 6.11. The van der Waals surface area contributed by atoms with Crippen LogP contribution in [0.5, 0.6) is 0 Å². The van der Waals surface area contributed by atoms with Gasteiger partial charge in [-0.1, -0.05) is 25.6 Å². The van der Waals surface area contributed by atoms with E-state index in [1.54, 1.807) is 0 Å². The number of hydrogen-bond donors (Lipinski definition) is 0. The zero-order valence-corrected chi connectivity index (χ0v) is 18.7. The van der Waals surface area contributed by atoms with Gasteiger partial charge in [0.25, 0.3) is 0 Å².